The Morgan fingerprint density at radius 1 is 1.22 bits per heavy atom. The third kappa shape index (κ3) is 3.28. The number of hydrogen-bond acceptors (Lipinski definition) is 3. The van der Waals surface area contributed by atoms with Gasteiger partial charge < -0.3 is 14.6 Å². The second kappa shape index (κ2) is 6.70. The summed E-state index contributed by atoms with van der Waals surface area (Å²) in [6.45, 7) is 0. The molecule has 138 valence electrons. The number of benzene rings is 1. The lowest BCUT2D eigenvalue weighted by Crippen LogP contribution is -2.22. The molecule has 3 aromatic rings. The van der Waals surface area contributed by atoms with Crippen molar-refractivity contribution in [3.63, 3.8) is 0 Å². The number of carbonyl (C=O) groups excluding carboxylic acids is 2. The number of pyridine rings is 1. The van der Waals surface area contributed by atoms with Crippen LogP contribution < -0.4 is 5.32 Å². The summed E-state index contributed by atoms with van der Waals surface area (Å²) in [5, 5.41) is 3.13. The highest BCUT2D eigenvalue weighted by molar-refractivity contribution is 6.34. The normalized spacial score (nSPS) is 13.6. The van der Waals surface area contributed by atoms with Gasteiger partial charge in [0.05, 0.1) is 16.1 Å². The third-order valence-corrected chi connectivity index (χ3v) is 4.91. The smallest absolute Gasteiger partial charge is 0.276 e. The van der Waals surface area contributed by atoms with Gasteiger partial charge in [-0.05, 0) is 43.2 Å². The number of hydrogen-bond donors (Lipinski definition) is 1. The van der Waals surface area contributed by atoms with E-state index < -0.39 is 0 Å². The molecule has 27 heavy (non-hydrogen) atoms. The van der Waals surface area contributed by atoms with E-state index in [2.05, 4.69) is 10.3 Å². The number of nitrogens with zero attached hydrogens (tertiary/aromatic N) is 3. The Balaban J connectivity index is 1.62. The monoisotopic (exact) mass is 382 g/mol. The minimum Gasteiger partial charge on any atom is -0.345 e. The summed E-state index contributed by atoms with van der Waals surface area (Å²) >= 11 is 6.23. The quantitative estimate of drug-likeness (QED) is 0.745. The molecule has 1 fully saturated rings. The molecule has 1 aliphatic rings. The zero-order chi connectivity index (χ0) is 19.1. The number of carbonyl (C=O) groups is 2. The van der Waals surface area contributed by atoms with Crippen molar-refractivity contribution in [2.75, 3.05) is 19.4 Å². The predicted molar refractivity (Wildman–Crippen MR) is 105 cm³/mol. The fourth-order valence-electron chi connectivity index (χ4n) is 3.06. The van der Waals surface area contributed by atoms with E-state index in [1.807, 2.05) is 28.8 Å². The molecule has 0 radical (unpaired) electrons. The lowest BCUT2D eigenvalue weighted by Gasteiger charge is -2.12. The number of imidazole rings is 1. The van der Waals surface area contributed by atoms with Gasteiger partial charge in [0.2, 0.25) is 0 Å². The number of anilines is 1. The molecule has 0 saturated heterocycles. The van der Waals surface area contributed by atoms with Crippen molar-refractivity contribution in [2.45, 2.75) is 18.8 Å². The molecule has 1 aliphatic carbocycles. The fraction of sp³-hybridized carbons (Fsp3) is 0.250. The van der Waals surface area contributed by atoms with Crippen molar-refractivity contribution in [1.82, 2.24) is 14.3 Å². The van der Waals surface area contributed by atoms with Crippen molar-refractivity contribution >= 4 is 34.6 Å². The first-order valence-electron chi connectivity index (χ1n) is 8.75. The van der Waals surface area contributed by atoms with Crippen molar-refractivity contribution in [3.05, 3.63) is 64.7 Å². The molecule has 2 aromatic heterocycles. The van der Waals surface area contributed by atoms with Crippen molar-refractivity contribution in [1.29, 1.82) is 0 Å². The first-order valence-corrected chi connectivity index (χ1v) is 9.13. The molecule has 0 atom stereocenters. The minimum atomic E-state index is -0.298. The molecule has 1 saturated carbocycles. The number of halogens is 1. The van der Waals surface area contributed by atoms with Gasteiger partial charge in [-0.15, -0.1) is 0 Å². The fourth-order valence-corrected chi connectivity index (χ4v) is 3.32. The van der Waals surface area contributed by atoms with Gasteiger partial charge in [0.15, 0.2) is 5.69 Å². The molecule has 1 N–H and O–H groups in total. The standard InChI is InChI=1S/C20H19ClN4O2/c1-24(2)20(27)14-9-8-13(11-15(14)21)22-19(26)17-16-5-3-4-10-25(16)18(23-17)12-6-7-12/h3-5,8-12H,6-7H2,1-2H3,(H,22,26). The summed E-state index contributed by atoms with van der Waals surface area (Å²) in [5.74, 6) is 0.869. The van der Waals surface area contributed by atoms with E-state index >= 15 is 0 Å². The molecule has 0 bridgehead atoms. The Labute approximate surface area is 161 Å². The van der Waals surface area contributed by atoms with Crippen LogP contribution in [0.25, 0.3) is 5.52 Å². The summed E-state index contributed by atoms with van der Waals surface area (Å²) in [6, 6.07) is 10.6. The Morgan fingerprint density at radius 3 is 2.67 bits per heavy atom. The number of amides is 2. The van der Waals surface area contributed by atoms with Gasteiger partial charge >= 0.3 is 0 Å². The van der Waals surface area contributed by atoms with Crippen LogP contribution in [0.4, 0.5) is 5.69 Å². The Bertz CT molecular complexity index is 1050. The van der Waals surface area contributed by atoms with E-state index in [4.69, 9.17) is 11.6 Å². The number of aromatic nitrogens is 2. The molecule has 2 amide bonds. The van der Waals surface area contributed by atoms with Gasteiger partial charge in [-0.3, -0.25) is 9.59 Å². The number of nitrogens with one attached hydrogen (secondary N) is 1. The molecule has 1 aromatic carbocycles. The second-order valence-corrected chi connectivity index (χ2v) is 7.30. The Morgan fingerprint density at radius 2 is 2.00 bits per heavy atom. The van der Waals surface area contributed by atoms with Crippen molar-refractivity contribution in [2.24, 2.45) is 0 Å². The SMILES string of the molecule is CN(C)C(=O)c1ccc(NC(=O)c2nc(C3CC3)n3ccccc23)cc1Cl. The molecule has 0 spiro atoms. The van der Waals surface area contributed by atoms with Gasteiger partial charge in [0.25, 0.3) is 11.8 Å². The molecule has 6 nitrogen and oxygen atoms in total. The third-order valence-electron chi connectivity index (χ3n) is 4.60. The first kappa shape index (κ1) is 17.5. The lowest BCUT2D eigenvalue weighted by molar-refractivity contribution is 0.0827. The van der Waals surface area contributed by atoms with Crippen LogP contribution in [0.2, 0.25) is 5.02 Å². The van der Waals surface area contributed by atoms with Crippen LogP contribution in [-0.4, -0.2) is 40.2 Å². The van der Waals surface area contributed by atoms with Crippen LogP contribution >= 0.6 is 11.6 Å². The van der Waals surface area contributed by atoms with E-state index in [9.17, 15) is 9.59 Å². The highest BCUT2D eigenvalue weighted by Crippen LogP contribution is 2.40. The number of rotatable bonds is 4. The van der Waals surface area contributed by atoms with Crippen LogP contribution in [0.15, 0.2) is 42.6 Å². The zero-order valence-corrected chi connectivity index (χ0v) is 15.8. The zero-order valence-electron chi connectivity index (χ0n) is 15.1. The average molecular weight is 383 g/mol. The highest BCUT2D eigenvalue weighted by Gasteiger charge is 2.30. The average Bonchev–Trinajstić information content (AvgIpc) is 3.41. The maximum Gasteiger partial charge on any atom is 0.276 e. The molecular formula is C20H19ClN4O2. The van der Waals surface area contributed by atoms with Crippen LogP contribution in [0, 0.1) is 0 Å². The number of fused-ring (bicyclic) bond motifs is 1. The van der Waals surface area contributed by atoms with Gasteiger partial charge in [0, 0.05) is 31.9 Å². The summed E-state index contributed by atoms with van der Waals surface area (Å²) < 4.78 is 1.98. The summed E-state index contributed by atoms with van der Waals surface area (Å²) in [7, 11) is 3.32. The van der Waals surface area contributed by atoms with E-state index in [1.165, 1.54) is 4.90 Å². The lowest BCUT2D eigenvalue weighted by atomic mass is 10.2. The van der Waals surface area contributed by atoms with Crippen molar-refractivity contribution < 1.29 is 9.59 Å². The van der Waals surface area contributed by atoms with E-state index in [1.54, 1.807) is 32.3 Å². The van der Waals surface area contributed by atoms with Gasteiger partial charge in [-0.1, -0.05) is 17.7 Å². The maximum absolute atomic E-state index is 12.8. The topological polar surface area (TPSA) is 66.7 Å². The molecule has 7 heteroatoms. The molecular weight excluding hydrogens is 364 g/mol. The van der Waals surface area contributed by atoms with E-state index in [-0.39, 0.29) is 11.8 Å². The van der Waals surface area contributed by atoms with Crippen LogP contribution in [-0.2, 0) is 0 Å². The minimum absolute atomic E-state index is 0.188. The van der Waals surface area contributed by atoms with Crippen LogP contribution in [0.5, 0.6) is 0 Å². The largest absolute Gasteiger partial charge is 0.345 e. The molecule has 0 aliphatic heterocycles. The van der Waals surface area contributed by atoms with Crippen LogP contribution in [0.1, 0.15) is 45.4 Å². The molecule has 2 heterocycles. The summed E-state index contributed by atoms with van der Waals surface area (Å²) in [4.78, 5) is 30.9. The summed E-state index contributed by atoms with van der Waals surface area (Å²) in [5.41, 5.74) is 2.08. The Hall–Kier alpha value is -2.86. The van der Waals surface area contributed by atoms with Gasteiger partial charge in [-0.25, -0.2) is 4.98 Å². The highest BCUT2D eigenvalue weighted by atomic mass is 35.5. The first-order chi connectivity index (χ1) is 13.0. The van der Waals surface area contributed by atoms with E-state index in [0.717, 1.165) is 24.2 Å². The van der Waals surface area contributed by atoms with Crippen molar-refractivity contribution in [3.8, 4) is 0 Å². The molecule has 4 rings (SSSR count). The van der Waals surface area contributed by atoms with Gasteiger partial charge in [-0.2, -0.15) is 0 Å². The second-order valence-electron chi connectivity index (χ2n) is 6.90. The summed E-state index contributed by atoms with van der Waals surface area (Å²) in [6.07, 6.45) is 4.14. The van der Waals surface area contributed by atoms with Gasteiger partial charge in [0.1, 0.15) is 5.82 Å². The molecule has 0 unspecified atom stereocenters. The predicted octanol–water partition coefficient (Wildman–Crippen LogP) is 3.82. The Kier molecular flexibility index (Phi) is 4.36. The van der Waals surface area contributed by atoms with E-state index in [0.29, 0.717) is 27.9 Å². The maximum atomic E-state index is 12.8. The van der Waals surface area contributed by atoms with Crippen LogP contribution in [0.3, 0.4) is 0 Å².